The maximum absolute atomic E-state index is 10.6. The van der Waals surface area contributed by atoms with Crippen LogP contribution in [0.2, 0.25) is 0 Å². The predicted octanol–water partition coefficient (Wildman–Crippen LogP) is 1.03. The lowest BCUT2D eigenvalue weighted by molar-refractivity contribution is 0.0698. The van der Waals surface area contributed by atoms with Gasteiger partial charge >= 0.3 is 5.97 Å². The van der Waals surface area contributed by atoms with Gasteiger partial charge in [-0.2, -0.15) is 8.42 Å². The molecule has 0 radical (unpaired) electrons. The Kier molecular flexibility index (Phi) is 5.63. The van der Waals surface area contributed by atoms with Crippen LogP contribution in [0.3, 0.4) is 0 Å². The van der Waals surface area contributed by atoms with Crippen molar-refractivity contribution in [3.05, 3.63) is 29.3 Å². The summed E-state index contributed by atoms with van der Waals surface area (Å²) in [5, 5.41) is 8.71. The molecule has 0 amide bonds. The van der Waals surface area contributed by atoms with Gasteiger partial charge in [0.05, 0.1) is 11.8 Å². The van der Waals surface area contributed by atoms with Crippen molar-refractivity contribution in [1.82, 2.24) is 0 Å². The molecule has 0 saturated carbocycles. The third-order valence-electron chi connectivity index (χ3n) is 1.81. The summed E-state index contributed by atoms with van der Waals surface area (Å²) in [6, 6.07) is 5.05. The van der Waals surface area contributed by atoms with Gasteiger partial charge in [0.25, 0.3) is 10.1 Å². The Bertz CT molecular complexity index is 487. The van der Waals surface area contributed by atoms with Crippen molar-refractivity contribution < 1.29 is 22.9 Å². The van der Waals surface area contributed by atoms with Crippen LogP contribution in [-0.4, -0.2) is 30.3 Å². The van der Waals surface area contributed by atoms with Crippen LogP contribution in [0.4, 0.5) is 5.69 Å². The molecule has 6 nitrogen and oxygen atoms in total. The lowest BCUT2D eigenvalue weighted by Crippen LogP contribution is -2.04. The standard InChI is InChI=1S/C9H11NO2.CH4O3S/c1-2-6-4-3-5-7(8(6)10)9(11)12;1-5(2,3)4/h3-5H,2,10H2,1H3,(H,11,12);1H3,(H,2,3,4). The molecule has 0 heterocycles. The number of anilines is 1. The van der Waals surface area contributed by atoms with Crippen LogP contribution in [0.1, 0.15) is 22.8 Å². The third-order valence-corrected chi connectivity index (χ3v) is 1.81. The zero-order valence-electron chi connectivity index (χ0n) is 9.54. The summed E-state index contributed by atoms with van der Waals surface area (Å²) >= 11 is 0. The van der Waals surface area contributed by atoms with Gasteiger partial charge < -0.3 is 10.8 Å². The molecule has 0 aromatic heterocycles. The number of hydrogen-bond donors (Lipinski definition) is 3. The van der Waals surface area contributed by atoms with Crippen molar-refractivity contribution in [2.75, 3.05) is 12.0 Å². The fourth-order valence-electron chi connectivity index (χ4n) is 1.11. The van der Waals surface area contributed by atoms with Crippen LogP contribution in [0.15, 0.2) is 18.2 Å². The fraction of sp³-hybridized carbons (Fsp3) is 0.300. The third kappa shape index (κ3) is 6.54. The van der Waals surface area contributed by atoms with Gasteiger partial charge in [-0.15, -0.1) is 0 Å². The van der Waals surface area contributed by atoms with Gasteiger partial charge in [-0.05, 0) is 18.1 Å². The van der Waals surface area contributed by atoms with Gasteiger partial charge in [-0.1, -0.05) is 19.1 Å². The first-order chi connectivity index (χ1) is 7.66. The molecule has 0 aliphatic rings. The maximum Gasteiger partial charge on any atom is 0.337 e. The van der Waals surface area contributed by atoms with Crippen molar-refractivity contribution in [2.24, 2.45) is 0 Å². The smallest absolute Gasteiger partial charge is 0.337 e. The number of aryl methyl sites for hydroxylation is 1. The molecule has 96 valence electrons. The highest BCUT2D eigenvalue weighted by Crippen LogP contribution is 2.17. The Hall–Kier alpha value is -1.60. The number of hydrogen-bond acceptors (Lipinski definition) is 4. The summed E-state index contributed by atoms with van der Waals surface area (Å²) in [6.45, 7) is 1.94. The highest BCUT2D eigenvalue weighted by atomic mass is 32.2. The van der Waals surface area contributed by atoms with Gasteiger partial charge in [0.15, 0.2) is 0 Å². The van der Waals surface area contributed by atoms with Crippen LogP contribution in [0.5, 0.6) is 0 Å². The van der Waals surface area contributed by atoms with E-state index >= 15 is 0 Å². The minimum atomic E-state index is -3.67. The molecule has 7 heteroatoms. The summed E-state index contributed by atoms with van der Waals surface area (Å²) in [4.78, 5) is 10.6. The molecule has 0 aliphatic carbocycles. The monoisotopic (exact) mass is 261 g/mol. The predicted molar refractivity (Wildman–Crippen MR) is 64.7 cm³/mol. The Labute approximate surface area is 99.8 Å². The molecule has 0 aliphatic heterocycles. The van der Waals surface area contributed by atoms with Crippen molar-refractivity contribution in [3.8, 4) is 0 Å². The SMILES string of the molecule is CCc1cccc(C(=O)O)c1N.CS(=O)(=O)O. The fourth-order valence-corrected chi connectivity index (χ4v) is 1.11. The van der Waals surface area contributed by atoms with Gasteiger partial charge in [-0.3, -0.25) is 4.55 Å². The van der Waals surface area contributed by atoms with Crippen molar-refractivity contribution in [3.63, 3.8) is 0 Å². The molecule has 0 fully saturated rings. The van der Waals surface area contributed by atoms with E-state index in [-0.39, 0.29) is 5.56 Å². The zero-order valence-corrected chi connectivity index (χ0v) is 10.4. The van der Waals surface area contributed by atoms with Gasteiger partial charge in [0.1, 0.15) is 0 Å². The number of carboxylic acid groups (broad SMARTS) is 1. The van der Waals surface area contributed by atoms with Crippen molar-refractivity contribution in [2.45, 2.75) is 13.3 Å². The number of aromatic carboxylic acids is 1. The summed E-state index contributed by atoms with van der Waals surface area (Å²) in [5.41, 5.74) is 7.07. The Balaban J connectivity index is 0.000000437. The first-order valence-electron chi connectivity index (χ1n) is 4.70. The zero-order chi connectivity index (χ0) is 13.6. The quantitative estimate of drug-likeness (QED) is 0.540. The molecule has 1 aromatic rings. The lowest BCUT2D eigenvalue weighted by Gasteiger charge is -2.04. The number of rotatable bonds is 2. The number of carbonyl (C=O) groups is 1. The van der Waals surface area contributed by atoms with E-state index in [4.69, 9.17) is 15.4 Å². The molecule has 0 bridgehead atoms. The van der Waals surface area contributed by atoms with Gasteiger partial charge in [0, 0.05) is 5.69 Å². The Morgan fingerprint density at radius 2 is 1.88 bits per heavy atom. The van der Waals surface area contributed by atoms with E-state index in [1.807, 2.05) is 13.0 Å². The van der Waals surface area contributed by atoms with E-state index in [2.05, 4.69) is 0 Å². The minimum absolute atomic E-state index is 0.189. The van der Waals surface area contributed by atoms with Crippen LogP contribution in [0, 0.1) is 0 Å². The second-order valence-corrected chi connectivity index (χ2v) is 4.74. The summed E-state index contributed by atoms with van der Waals surface area (Å²) in [5.74, 6) is -0.970. The maximum atomic E-state index is 10.6. The molecular weight excluding hydrogens is 246 g/mol. The van der Waals surface area contributed by atoms with Crippen LogP contribution < -0.4 is 5.73 Å². The highest BCUT2D eigenvalue weighted by Gasteiger charge is 2.08. The Morgan fingerprint density at radius 1 is 1.41 bits per heavy atom. The van der Waals surface area contributed by atoms with E-state index in [1.165, 1.54) is 6.07 Å². The molecule has 0 saturated heterocycles. The second-order valence-electron chi connectivity index (χ2n) is 3.27. The Morgan fingerprint density at radius 3 is 2.24 bits per heavy atom. The molecule has 0 spiro atoms. The van der Waals surface area contributed by atoms with Crippen LogP contribution in [0.25, 0.3) is 0 Å². The summed E-state index contributed by atoms with van der Waals surface area (Å²) in [7, 11) is -3.67. The molecule has 1 aromatic carbocycles. The largest absolute Gasteiger partial charge is 0.478 e. The topological polar surface area (TPSA) is 118 Å². The summed E-state index contributed by atoms with van der Waals surface area (Å²) in [6.07, 6.45) is 1.47. The first kappa shape index (κ1) is 15.4. The van der Waals surface area contributed by atoms with E-state index in [0.29, 0.717) is 11.9 Å². The van der Waals surface area contributed by atoms with Crippen molar-refractivity contribution in [1.29, 1.82) is 0 Å². The first-order valence-corrected chi connectivity index (χ1v) is 6.54. The average molecular weight is 261 g/mol. The number of carboxylic acids is 1. The number of nitrogens with two attached hydrogens (primary N) is 1. The highest BCUT2D eigenvalue weighted by molar-refractivity contribution is 7.85. The molecular formula is C10H15NO5S. The molecule has 4 N–H and O–H groups in total. The van der Waals surface area contributed by atoms with E-state index in [9.17, 15) is 13.2 Å². The number of nitrogen functional groups attached to an aromatic ring is 1. The van der Waals surface area contributed by atoms with Crippen molar-refractivity contribution >= 4 is 21.8 Å². The molecule has 0 atom stereocenters. The van der Waals surface area contributed by atoms with Gasteiger partial charge in [0.2, 0.25) is 0 Å². The minimum Gasteiger partial charge on any atom is -0.478 e. The summed E-state index contributed by atoms with van der Waals surface area (Å²) < 4.78 is 25.9. The van der Waals surface area contributed by atoms with E-state index in [0.717, 1.165) is 12.0 Å². The van der Waals surface area contributed by atoms with E-state index in [1.54, 1.807) is 6.07 Å². The molecule has 17 heavy (non-hydrogen) atoms. The van der Waals surface area contributed by atoms with E-state index < -0.39 is 16.1 Å². The molecule has 1 rings (SSSR count). The molecule has 0 unspecified atom stereocenters. The number of benzene rings is 1. The normalized spacial score (nSPS) is 10.3. The van der Waals surface area contributed by atoms with Crippen LogP contribution in [-0.2, 0) is 16.5 Å². The average Bonchev–Trinajstić information content (AvgIpc) is 2.15. The van der Waals surface area contributed by atoms with Crippen LogP contribution >= 0.6 is 0 Å². The number of para-hydroxylation sites is 1. The van der Waals surface area contributed by atoms with Gasteiger partial charge in [-0.25, -0.2) is 4.79 Å². The lowest BCUT2D eigenvalue weighted by atomic mass is 10.1. The second kappa shape index (κ2) is 6.21.